The molecule has 2 fully saturated rings. The molecule has 2 aromatic heterocycles. The standard InChI is InChI=1S/2C30H43NO5S/c2*1-9-30(10-2,21-13-14-23(19(3)16-21)36-18-24(32)29(5,6)7)25-17-20(4)26(37-25)27(33)31-15-11-12-22(31)28(34)35-8/h2*13-14,16-17,22,24,32H,9-12,15,18H2,1-8H3/t2*22-,24?/m11/s1. The van der Waals surface area contributed by atoms with Crippen molar-refractivity contribution in [1.82, 2.24) is 9.80 Å². The average molecular weight is 1060 g/mol. The van der Waals surface area contributed by atoms with Crippen LogP contribution in [0.25, 0.3) is 0 Å². The lowest BCUT2D eigenvalue weighted by molar-refractivity contribution is -0.145. The number of methoxy groups -OCH3 is 2. The maximum absolute atomic E-state index is 13.5. The maximum Gasteiger partial charge on any atom is 0.328 e. The summed E-state index contributed by atoms with van der Waals surface area (Å²) < 4.78 is 21.9. The number of ether oxygens (including phenoxy) is 4. The summed E-state index contributed by atoms with van der Waals surface area (Å²) in [7, 11) is 2.75. The first-order chi connectivity index (χ1) is 34.8. The van der Waals surface area contributed by atoms with Gasteiger partial charge in [-0.25, -0.2) is 9.59 Å². The van der Waals surface area contributed by atoms with Crippen molar-refractivity contribution in [2.45, 2.75) is 183 Å². The van der Waals surface area contributed by atoms with Crippen molar-refractivity contribution in [2.75, 3.05) is 40.5 Å². The Bertz CT molecular complexity index is 2400. The van der Waals surface area contributed by atoms with Gasteiger partial charge in [-0.05, 0) is 148 Å². The normalized spacial score (nSPS) is 17.1. The number of hydrogen-bond donors (Lipinski definition) is 2. The second-order valence-corrected chi connectivity index (χ2v) is 24.6. The molecule has 2 N–H and O–H groups in total. The largest absolute Gasteiger partial charge is 0.491 e. The van der Waals surface area contributed by atoms with Gasteiger partial charge in [0, 0.05) is 33.7 Å². The number of aliphatic hydroxyl groups is 2. The van der Waals surface area contributed by atoms with Gasteiger partial charge in [0.2, 0.25) is 0 Å². The molecule has 408 valence electrons. The number of aliphatic hydroxyl groups excluding tert-OH is 2. The van der Waals surface area contributed by atoms with E-state index in [4.69, 9.17) is 18.9 Å². The highest BCUT2D eigenvalue weighted by Gasteiger charge is 2.41. The summed E-state index contributed by atoms with van der Waals surface area (Å²) in [5, 5.41) is 20.8. The molecule has 2 unspecified atom stereocenters. The van der Waals surface area contributed by atoms with Crippen LogP contribution in [0.15, 0.2) is 48.5 Å². The minimum absolute atomic E-state index is 0.0832. The highest BCUT2D eigenvalue weighted by atomic mass is 32.1. The van der Waals surface area contributed by atoms with Crippen LogP contribution in [0.5, 0.6) is 11.5 Å². The van der Waals surface area contributed by atoms with Crippen LogP contribution in [0.2, 0.25) is 0 Å². The lowest BCUT2D eigenvalue weighted by Crippen LogP contribution is -2.41. The summed E-state index contributed by atoms with van der Waals surface area (Å²) in [6, 6.07) is 15.9. The Morgan fingerprint density at radius 2 is 0.905 bits per heavy atom. The van der Waals surface area contributed by atoms with Gasteiger partial charge in [-0.2, -0.15) is 0 Å². The molecule has 0 bridgehead atoms. The van der Waals surface area contributed by atoms with Gasteiger partial charge in [-0.15, -0.1) is 22.7 Å². The third kappa shape index (κ3) is 12.9. The number of nitrogens with zero attached hydrogens (tertiary/aromatic N) is 2. The summed E-state index contributed by atoms with van der Waals surface area (Å²) in [5.74, 6) is 0.692. The number of amides is 2. The molecule has 0 saturated carbocycles. The monoisotopic (exact) mass is 1060 g/mol. The van der Waals surface area contributed by atoms with Crippen LogP contribution < -0.4 is 9.47 Å². The number of carbonyl (C=O) groups is 4. The number of esters is 2. The first-order valence-corrected chi connectivity index (χ1v) is 28.2. The van der Waals surface area contributed by atoms with E-state index in [1.165, 1.54) is 25.3 Å². The SMILES string of the molecule is CCC(CC)(c1ccc(OCC(O)C(C)(C)C)c(C)c1)c1cc(C)c(C(=O)N2CCC[C@@H]2C(=O)OC)s1.CCC(CC)(c1ccc(OCC(O)C(C)(C)C)c(C)c1)c1cc(C)c(C(=O)N2CCC[C@@H]2C(=O)OC)s1. The third-order valence-corrected chi connectivity index (χ3v) is 18.7. The molecule has 2 saturated heterocycles. The van der Waals surface area contributed by atoms with E-state index in [1.54, 1.807) is 32.5 Å². The predicted molar refractivity (Wildman–Crippen MR) is 297 cm³/mol. The number of hydrogen-bond acceptors (Lipinski definition) is 12. The fourth-order valence-corrected chi connectivity index (χ4v) is 13.2. The Morgan fingerprint density at radius 1 is 0.568 bits per heavy atom. The number of aryl methyl sites for hydroxylation is 4. The molecule has 14 heteroatoms. The van der Waals surface area contributed by atoms with E-state index in [-0.39, 0.29) is 58.6 Å². The number of benzene rings is 2. The van der Waals surface area contributed by atoms with Crippen molar-refractivity contribution in [2.24, 2.45) is 10.8 Å². The molecular formula is C60H86N2O10S2. The van der Waals surface area contributed by atoms with Crippen molar-refractivity contribution >= 4 is 46.4 Å². The highest BCUT2D eigenvalue weighted by Crippen LogP contribution is 2.47. The van der Waals surface area contributed by atoms with Gasteiger partial charge in [0.25, 0.3) is 11.8 Å². The summed E-state index contributed by atoms with van der Waals surface area (Å²) >= 11 is 3.09. The van der Waals surface area contributed by atoms with Crippen molar-refractivity contribution in [3.8, 4) is 11.5 Å². The van der Waals surface area contributed by atoms with E-state index >= 15 is 0 Å². The van der Waals surface area contributed by atoms with E-state index in [1.807, 2.05) is 81.4 Å². The molecule has 4 heterocycles. The Labute approximate surface area is 450 Å². The van der Waals surface area contributed by atoms with E-state index < -0.39 is 24.3 Å². The maximum atomic E-state index is 13.5. The Balaban J connectivity index is 0.000000274. The van der Waals surface area contributed by atoms with Crippen molar-refractivity contribution < 1.29 is 48.3 Å². The molecule has 2 aliphatic heterocycles. The zero-order valence-electron chi connectivity index (χ0n) is 47.3. The van der Waals surface area contributed by atoms with Crippen LogP contribution in [-0.2, 0) is 29.9 Å². The fraction of sp³-hybridized carbons (Fsp3) is 0.600. The van der Waals surface area contributed by atoms with Gasteiger partial charge in [0.15, 0.2) is 0 Å². The lowest BCUT2D eigenvalue weighted by Gasteiger charge is -2.32. The molecule has 0 aliphatic carbocycles. The minimum atomic E-state index is -0.559. The number of likely N-dealkylation sites (tertiary alicyclic amines) is 2. The molecule has 0 radical (unpaired) electrons. The quantitative estimate of drug-likeness (QED) is 0.0921. The number of thiophene rings is 2. The van der Waals surface area contributed by atoms with Gasteiger partial charge in [-0.3, -0.25) is 9.59 Å². The van der Waals surface area contributed by atoms with Crippen molar-refractivity contribution in [1.29, 1.82) is 0 Å². The smallest absolute Gasteiger partial charge is 0.328 e. The zero-order valence-corrected chi connectivity index (χ0v) is 48.9. The predicted octanol–water partition coefficient (Wildman–Crippen LogP) is 12.1. The van der Waals surface area contributed by atoms with E-state index in [0.29, 0.717) is 35.7 Å². The van der Waals surface area contributed by atoms with Gasteiger partial charge < -0.3 is 39.0 Å². The van der Waals surface area contributed by atoms with E-state index in [0.717, 1.165) is 82.0 Å². The van der Waals surface area contributed by atoms with Gasteiger partial charge in [0.05, 0.1) is 36.2 Å². The molecule has 4 atom stereocenters. The van der Waals surface area contributed by atoms with E-state index in [2.05, 4.69) is 64.1 Å². The molecule has 2 aromatic carbocycles. The molecule has 2 amide bonds. The van der Waals surface area contributed by atoms with Crippen LogP contribution in [0.3, 0.4) is 0 Å². The number of rotatable bonds is 18. The third-order valence-electron chi connectivity index (χ3n) is 15.8. The Morgan fingerprint density at radius 3 is 1.19 bits per heavy atom. The second kappa shape index (κ2) is 24.9. The van der Waals surface area contributed by atoms with Crippen LogP contribution >= 0.6 is 22.7 Å². The second-order valence-electron chi connectivity index (χ2n) is 22.5. The van der Waals surface area contributed by atoms with Gasteiger partial charge in [0.1, 0.15) is 36.8 Å². The molecule has 74 heavy (non-hydrogen) atoms. The van der Waals surface area contributed by atoms with Crippen molar-refractivity contribution in [3.63, 3.8) is 0 Å². The van der Waals surface area contributed by atoms with Crippen molar-refractivity contribution in [3.05, 3.63) is 101 Å². The fourth-order valence-electron chi connectivity index (χ4n) is 10.3. The van der Waals surface area contributed by atoms with Crippen LogP contribution in [0.1, 0.15) is 183 Å². The zero-order chi connectivity index (χ0) is 55.1. The summed E-state index contributed by atoms with van der Waals surface area (Å²) in [6.45, 7) is 30.4. The minimum Gasteiger partial charge on any atom is -0.491 e. The van der Waals surface area contributed by atoms with Crippen LogP contribution in [-0.4, -0.2) is 109 Å². The summed E-state index contributed by atoms with van der Waals surface area (Å²) in [4.78, 5) is 58.6. The first kappa shape index (κ1) is 60.1. The molecule has 0 spiro atoms. The molecular weight excluding hydrogens is 973 g/mol. The van der Waals surface area contributed by atoms with E-state index in [9.17, 15) is 29.4 Å². The van der Waals surface area contributed by atoms with Gasteiger partial charge in [-0.1, -0.05) is 93.5 Å². The van der Waals surface area contributed by atoms with Gasteiger partial charge >= 0.3 is 11.9 Å². The summed E-state index contributed by atoms with van der Waals surface area (Å²) in [6.07, 6.45) is 5.30. The highest BCUT2D eigenvalue weighted by molar-refractivity contribution is 7.14. The Hall–Kier alpha value is -4.76. The first-order valence-electron chi connectivity index (χ1n) is 26.6. The number of carbonyl (C=O) groups excluding carboxylic acids is 4. The lowest BCUT2D eigenvalue weighted by atomic mass is 9.74. The molecule has 12 nitrogen and oxygen atoms in total. The molecule has 2 aliphatic rings. The average Bonchev–Trinajstić information content (AvgIpc) is 4.21. The Kier molecular flexibility index (Phi) is 20.3. The topological polar surface area (TPSA) is 152 Å². The van der Waals surface area contributed by atoms with Crippen LogP contribution in [0.4, 0.5) is 0 Å². The molecule has 6 rings (SSSR count). The van der Waals surface area contributed by atoms with Crippen LogP contribution in [0, 0.1) is 38.5 Å². The summed E-state index contributed by atoms with van der Waals surface area (Å²) in [5.41, 5.74) is 5.33. The molecule has 4 aromatic rings.